The topological polar surface area (TPSA) is 70.1 Å². The zero-order valence-corrected chi connectivity index (χ0v) is 12.6. The lowest BCUT2D eigenvalue weighted by molar-refractivity contribution is 0.0734. The second-order valence-electron chi connectivity index (χ2n) is 6.37. The highest BCUT2D eigenvalue weighted by atomic mass is 16.6. The van der Waals surface area contributed by atoms with E-state index in [1.165, 1.54) is 4.90 Å². The number of benzene rings is 1. The summed E-state index contributed by atoms with van der Waals surface area (Å²) in [6.45, 7) is 1.31. The number of carbonyl (C=O) groups excluding carboxylic acids is 1. The van der Waals surface area contributed by atoms with E-state index < -0.39 is 6.09 Å². The largest absolute Gasteiger partial charge is 0.465 e. The second-order valence-corrected chi connectivity index (χ2v) is 6.37. The van der Waals surface area contributed by atoms with Crippen molar-refractivity contribution in [3.63, 3.8) is 0 Å². The fraction of sp³-hybridized carbons (Fsp3) is 0.500. The highest BCUT2D eigenvalue weighted by molar-refractivity contribution is 5.68. The van der Waals surface area contributed by atoms with E-state index in [0.29, 0.717) is 13.1 Å². The van der Waals surface area contributed by atoms with Crippen LogP contribution in [0.15, 0.2) is 30.3 Å². The van der Waals surface area contributed by atoms with Crippen molar-refractivity contribution in [1.82, 2.24) is 9.80 Å². The minimum atomic E-state index is -0.862. The van der Waals surface area contributed by atoms with Crippen LogP contribution in [0.5, 0.6) is 0 Å². The van der Waals surface area contributed by atoms with Crippen molar-refractivity contribution in [2.45, 2.75) is 25.5 Å². The van der Waals surface area contributed by atoms with Crippen LogP contribution in [0, 0.1) is 5.41 Å². The molecule has 0 spiro atoms. The standard InChI is InChI=1S/C16H20N2O4/c1-17(15(21)22-9-12-5-3-2-4-6-12)10-16-7-13(8-16)18(11-16)14(19)20/h2-6,13H,7-11H2,1H3,(H,19,20). The second kappa shape index (κ2) is 5.51. The summed E-state index contributed by atoms with van der Waals surface area (Å²) in [6, 6.07) is 9.66. The van der Waals surface area contributed by atoms with Crippen molar-refractivity contribution in [3.05, 3.63) is 35.9 Å². The molecule has 1 aromatic carbocycles. The highest BCUT2D eigenvalue weighted by Crippen LogP contribution is 2.52. The van der Waals surface area contributed by atoms with Gasteiger partial charge in [0.25, 0.3) is 0 Å². The van der Waals surface area contributed by atoms with Gasteiger partial charge in [0.05, 0.1) is 0 Å². The quantitative estimate of drug-likeness (QED) is 0.927. The molecule has 0 aromatic heterocycles. The van der Waals surface area contributed by atoms with Gasteiger partial charge in [-0.2, -0.15) is 0 Å². The highest BCUT2D eigenvalue weighted by Gasteiger charge is 2.57. The van der Waals surface area contributed by atoms with Gasteiger partial charge < -0.3 is 19.6 Å². The van der Waals surface area contributed by atoms with Crippen LogP contribution < -0.4 is 0 Å². The van der Waals surface area contributed by atoms with Gasteiger partial charge in [-0.05, 0) is 18.4 Å². The Kier molecular flexibility index (Phi) is 3.68. The van der Waals surface area contributed by atoms with Crippen LogP contribution in [0.2, 0.25) is 0 Å². The molecular weight excluding hydrogens is 284 g/mol. The molecule has 118 valence electrons. The predicted molar refractivity (Wildman–Crippen MR) is 79.4 cm³/mol. The summed E-state index contributed by atoms with van der Waals surface area (Å²) in [5.74, 6) is 0. The van der Waals surface area contributed by atoms with Gasteiger partial charge in [0.2, 0.25) is 0 Å². The molecule has 3 aliphatic rings. The number of ether oxygens (including phenoxy) is 1. The fourth-order valence-corrected chi connectivity index (χ4v) is 3.58. The Morgan fingerprint density at radius 1 is 1.36 bits per heavy atom. The van der Waals surface area contributed by atoms with Gasteiger partial charge in [0, 0.05) is 31.6 Å². The molecule has 1 aliphatic carbocycles. The maximum atomic E-state index is 12.1. The number of hydrogen-bond acceptors (Lipinski definition) is 3. The zero-order valence-electron chi connectivity index (χ0n) is 12.6. The van der Waals surface area contributed by atoms with E-state index in [9.17, 15) is 9.59 Å². The maximum Gasteiger partial charge on any atom is 0.409 e. The average Bonchev–Trinajstić information content (AvgIpc) is 3.01. The molecule has 2 aliphatic heterocycles. The number of carboxylic acid groups (broad SMARTS) is 1. The molecule has 0 unspecified atom stereocenters. The molecule has 2 heterocycles. The van der Waals surface area contributed by atoms with Gasteiger partial charge in [-0.1, -0.05) is 30.3 Å². The Morgan fingerprint density at radius 2 is 2.05 bits per heavy atom. The third-order valence-corrected chi connectivity index (χ3v) is 4.62. The summed E-state index contributed by atoms with van der Waals surface area (Å²) in [5, 5.41) is 9.10. The van der Waals surface area contributed by atoms with Gasteiger partial charge in [-0.3, -0.25) is 0 Å². The summed E-state index contributed by atoms with van der Waals surface area (Å²) >= 11 is 0. The molecule has 6 heteroatoms. The van der Waals surface area contributed by atoms with E-state index in [1.54, 1.807) is 11.9 Å². The zero-order chi connectivity index (χ0) is 15.7. The van der Waals surface area contributed by atoms with Crippen molar-refractivity contribution in [1.29, 1.82) is 0 Å². The first-order valence-corrected chi connectivity index (χ1v) is 7.40. The SMILES string of the molecule is CN(CC12CC(C1)N(C(=O)O)C2)C(=O)OCc1ccccc1. The Labute approximate surface area is 129 Å². The molecule has 0 radical (unpaired) electrons. The van der Waals surface area contributed by atoms with Gasteiger partial charge in [0.15, 0.2) is 0 Å². The summed E-state index contributed by atoms with van der Waals surface area (Å²) in [7, 11) is 1.71. The normalized spacial score (nSPS) is 25.5. The molecule has 2 saturated heterocycles. The first-order valence-electron chi connectivity index (χ1n) is 7.40. The third kappa shape index (κ3) is 2.73. The number of amides is 2. The third-order valence-electron chi connectivity index (χ3n) is 4.62. The summed E-state index contributed by atoms with van der Waals surface area (Å²) in [6.07, 6.45) is 0.458. The van der Waals surface area contributed by atoms with Crippen LogP contribution >= 0.6 is 0 Å². The molecule has 4 rings (SSSR count). The molecule has 2 amide bonds. The molecule has 1 aromatic rings. The van der Waals surface area contributed by atoms with Gasteiger partial charge in [-0.15, -0.1) is 0 Å². The minimum absolute atomic E-state index is 0.0798. The monoisotopic (exact) mass is 304 g/mol. The van der Waals surface area contributed by atoms with Crippen LogP contribution in [-0.2, 0) is 11.3 Å². The Morgan fingerprint density at radius 3 is 2.64 bits per heavy atom. The molecule has 3 fully saturated rings. The van der Waals surface area contributed by atoms with Crippen LogP contribution in [0.25, 0.3) is 0 Å². The number of nitrogens with zero attached hydrogens (tertiary/aromatic N) is 2. The van der Waals surface area contributed by atoms with Crippen molar-refractivity contribution >= 4 is 12.2 Å². The molecule has 22 heavy (non-hydrogen) atoms. The lowest BCUT2D eigenvalue weighted by Gasteiger charge is -2.39. The fourth-order valence-electron chi connectivity index (χ4n) is 3.58. The molecule has 1 N–H and O–H groups in total. The number of hydrogen-bond donors (Lipinski definition) is 1. The summed E-state index contributed by atoms with van der Waals surface area (Å²) in [5.41, 5.74) is 0.868. The Hall–Kier alpha value is -2.24. The van der Waals surface area contributed by atoms with Crippen LogP contribution in [0.3, 0.4) is 0 Å². The Balaban J connectivity index is 1.49. The number of fused-ring (bicyclic) bond motifs is 1. The molecular formula is C16H20N2O4. The smallest absolute Gasteiger partial charge is 0.409 e. The van der Waals surface area contributed by atoms with Gasteiger partial charge >= 0.3 is 12.2 Å². The van der Waals surface area contributed by atoms with Crippen molar-refractivity contribution in [2.24, 2.45) is 5.41 Å². The van der Waals surface area contributed by atoms with Crippen molar-refractivity contribution < 1.29 is 19.4 Å². The number of rotatable bonds is 4. The van der Waals surface area contributed by atoms with Crippen LogP contribution in [0.1, 0.15) is 18.4 Å². The number of carbonyl (C=O) groups is 2. The lowest BCUT2D eigenvalue weighted by atomic mass is 9.70. The Bertz CT molecular complexity index is 569. The van der Waals surface area contributed by atoms with Crippen LogP contribution in [0.4, 0.5) is 9.59 Å². The van der Waals surface area contributed by atoms with Crippen molar-refractivity contribution in [2.75, 3.05) is 20.1 Å². The summed E-state index contributed by atoms with van der Waals surface area (Å²) in [4.78, 5) is 26.2. The van der Waals surface area contributed by atoms with Crippen molar-refractivity contribution in [3.8, 4) is 0 Å². The first kappa shape index (κ1) is 14.7. The minimum Gasteiger partial charge on any atom is -0.465 e. The van der Waals surface area contributed by atoms with Gasteiger partial charge in [-0.25, -0.2) is 9.59 Å². The predicted octanol–water partition coefficient (Wildman–Crippen LogP) is 2.40. The van der Waals surface area contributed by atoms with E-state index in [4.69, 9.17) is 9.84 Å². The van der Waals surface area contributed by atoms with E-state index >= 15 is 0 Å². The van der Waals surface area contributed by atoms with E-state index in [1.807, 2.05) is 30.3 Å². The van der Waals surface area contributed by atoms with E-state index in [0.717, 1.165) is 18.4 Å². The van der Waals surface area contributed by atoms with E-state index in [2.05, 4.69) is 0 Å². The first-order chi connectivity index (χ1) is 10.5. The average molecular weight is 304 g/mol. The summed E-state index contributed by atoms with van der Waals surface area (Å²) < 4.78 is 5.29. The molecule has 1 saturated carbocycles. The lowest BCUT2D eigenvalue weighted by Crippen LogP contribution is -2.45. The maximum absolute atomic E-state index is 12.1. The van der Waals surface area contributed by atoms with Crippen LogP contribution in [-0.4, -0.2) is 53.3 Å². The molecule has 6 nitrogen and oxygen atoms in total. The molecule has 0 atom stereocenters. The molecule has 2 bridgehead atoms. The van der Waals surface area contributed by atoms with Gasteiger partial charge in [0.1, 0.15) is 6.61 Å². The van der Waals surface area contributed by atoms with E-state index in [-0.39, 0.29) is 24.2 Å².